The highest BCUT2D eigenvalue weighted by molar-refractivity contribution is 7.99. The molecule has 2 unspecified atom stereocenters. The molecule has 6 heteroatoms. The number of carboxylic acid groups (broad SMARTS) is 1. The molecule has 1 aromatic heterocycles. The topological polar surface area (TPSA) is 76.2 Å². The van der Waals surface area contributed by atoms with Gasteiger partial charge >= 0.3 is 5.97 Å². The van der Waals surface area contributed by atoms with E-state index in [1.54, 1.807) is 0 Å². The predicted octanol–water partition coefficient (Wildman–Crippen LogP) is 3.60. The van der Waals surface area contributed by atoms with E-state index in [1.807, 2.05) is 11.8 Å². The molecule has 0 aliphatic heterocycles. The van der Waals surface area contributed by atoms with Gasteiger partial charge < -0.3 is 9.63 Å². The van der Waals surface area contributed by atoms with Crippen molar-refractivity contribution < 1.29 is 14.4 Å². The van der Waals surface area contributed by atoms with Crippen molar-refractivity contribution in [2.45, 2.75) is 68.3 Å². The van der Waals surface area contributed by atoms with Crippen LogP contribution in [0.25, 0.3) is 0 Å². The second-order valence-corrected chi connectivity index (χ2v) is 7.45. The van der Waals surface area contributed by atoms with E-state index < -0.39 is 5.97 Å². The van der Waals surface area contributed by atoms with Crippen LogP contribution in [0.1, 0.15) is 69.0 Å². The first kappa shape index (κ1) is 14.9. The first-order chi connectivity index (χ1) is 10.2. The Balaban J connectivity index is 1.50. The van der Waals surface area contributed by atoms with Crippen molar-refractivity contribution in [3.05, 3.63) is 11.7 Å². The van der Waals surface area contributed by atoms with Crippen molar-refractivity contribution in [2.24, 2.45) is 5.92 Å². The van der Waals surface area contributed by atoms with Crippen LogP contribution in [-0.2, 0) is 10.5 Å². The van der Waals surface area contributed by atoms with Gasteiger partial charge in [0, 0.05) is 11.2 Å². The van der Waals surface area contributed by atoms with Crippen LogP contribution in [0.4, 0.5) is 0 Å². The van der Waals surface area contributed by atoms with Crippen molar-refractivity contribution in [1.29, 1.82) is 0 Å². The average Bonchev–Trinajstić information content (AvgIpc) is 3.15. The number of rotatable bonds is 5. The molecule has 2 saturated carbocycles. The van der Waals surface area contributed by atoms with E-state index in [4.69, 9.17) is 9.63 Å². The Hall–Kier alpha value is -1.04. The van der Waals surface area contributed by atoms with Crippen LogP contribution in [-0.4, -0.2) is 26.5 Å². The van der Waals surface area contributed by atoms with Gasteiger partial charge in [-0.15, -0.1) is 0 Å². The van der Waals surface area contributed by atoms with Gasteiger partial charge in [0.15, 0.2) is 5.82 Å². The molecule has 1 aromatic rings. The first-order valence-electron chi connectivity index (χ1n) is 7.89. The Morgan fingerprint density at radius 3 is 2.76 bits per heavy atom. The van der Waals surface area contributed by atoms with E-state index in [1.165, 1.54) is 32.1 Å². The smallest absolute Gasteiger partial charge is 0.306 e. The predicted molar refractivity (Wildman–Crippen MR) is 80.2 cm³/mol. The molecule has 0 aromatic carbocycles. The van der Waals surface area contributed by atoms with E-state index in [9.17, 15) is 4.79 Å². The highest BCUT2D eigenvalue weighted by Gasteiger charge is 2.33. The number of carboxylic acids is 1. The highest BCUT2D eigenvalue weighted by Crippen LogP contribution is 2.38. The fourth-order valence-corrected chi connectivity index (χ4v) is 4.51. The Bertz CT molecular complexity index is 485. The summed E-state index contributed by atoms with van der Waals surface area (Å²) in [6, 6.07) is 0. The molecule has 2 fully saturated rings. The molecule has 2 aliphatic carbocycles. The third kappa shape index (κ3) is 3.78. The van der Waals surface area contributed by atoms with Crippen LogP contribution in [0, 0.1) is 5.92 Å². The summed E-state index contributed by atoms with van der Waals surface area (Å²) < 4.78 is 5.35. The summed E-state index contributed by atoms with van der Waals surface area (Å²) in [6.45, 7) is 0. The van der Waals surface area contributed by atoms with E-state index in [0.717, 1.165) is 23.2 Å². The molecule has 5 nitrogen and oxygen atoms in total. The number of carbonyl (C=O) groups is 1. The number of thioether (sulfide) groups is 1. The van der Waals surface area contributed by atoms with Gasteiger partial charge in [0.2, 0.25) is 5.89 Å². The van der Waals surface area contributed by atoms with Gasteiger partial charge in [-0.25, -0.2) is 0 Å². The molecule has 0 spiro atoms. The second kappa shape index (κ2) is 6.81. The number of nitrogens with zero attached hydrogens (tertiary/aromatic N) is 2. The van der Waals surface area contributed by atoms with Crippen molar-refractivity contribution >= 4 is 17.7 Å². The molecule has 2 atom stereocenters. The van der Waals surface area contributed by atoms with E-state index >= 15 is 0 Å². The minimum Gasteiger partial charge on any atom is -0.481 e. The maximum atomic E-state index is 11.0. The maximum Gasteiger partial charge on any atom is 0.306 e. The second-order valence-electron chi connectivity index (χ2n) is 6.17. The molecule has 0 amide bonds. The fourth-order valence-electron chi connectivity index (χ4n) is 3.35. The van der Waals surface area contributed by atoms with Crippen LogP contribution in [0.15, 0.2) is 4.52 Å². The molecule has 2 aliphatic rings. The Morgan fingerprint density at radius 1 is 1.24 bits per heavy atom. The molecular formula is C15H22N2O3S. The summed E-state index contributed by atoms with van der Waals surface area (Å²) >= 11 is 1.93. The van der Waals surface area contributed by atoms with Crippen molar-refractivity contribution in [3.8, 4) is 0 Å². The zero-order valence-electron chi connectivity index (χ0n) is 12.2. The highest BCUT2D eigenvalue weighted by atomic mass is 32.2. The van der Waals surface area contributed by atoms with Gasteiger partial charge in [-0.3, -0.25) is 4.79 Å². The summed E-state index contributed by atoms with van der Waals surface area (Å²) in [4.78, 5) is 15.5. The number of aliphatic carboxylic acids is 1. The van der Waals surface area contributed by atoms with Gasteiger partial charge in [-0.2, -0.15) is 16.7 Å². The lowest BCUT2D eigenvalue weighted by atomic mass is 10.0. The summed E-state index contributed by atoms with van der Waals surface area (Å²) in [5.74, 6) is 1.39. The summed E-state index contributed by atoms with van der Waals surface area (Å²) in [6.07, 6.45) is 8.85. The quantitative estimate of drug-likeness (QED) is 0.895. The molecular weight excluding hydrogens is 288 g/mol. The number of hydrogen-bond donors (Lipinski definition) is 1. The van der Waals surface area contributed by atoms with Crippen LogP contribution in [0.5, 0.6) is 0 Å². The maximum absolute atomic E-state index is 11.0. The third-order valence-corrected chi connectivity index (χ3v) is 5.98. The van der Waals surface area contributed by atoms with Crippen LogP contribution < -0.4 is 0 Å². The molecule has 0 bridgehead atoms. The summed E-state index contributed by atoms with van der Waals surface area (Å²) in [5.41, 5.74) is 0. The minimum atomic E-state index is -0.704. The number of hydrogen-bond acceptors (Lipinski definition) is 5. The van der Waals surface area contributed by atoms with Gasteiger partial charge in [-0.05, 0) is 32.1 Å². The lowest BCUT2D eigenvalue weighted by Crippen LogP contribution is -2.09. The van der Waals surface area contributed by atoms with Gasteiger partial charge in [0.25, 0.3) is 0 Å². The lowest BCUT2D eigenvalue weighted by Gasteiger charge is -2.19. The van der Waals surface area contributed by atoms with Gasteiger partial charge in [0.05, 0.1) is 11.7 Å². The lowest BCUT2D eigenvalue weighted by molar-refractivity contribution is -0.141. The zero-order chi connectivity index (χ0) is 14.7. The van der Waals surface area contributed by atoms with Crippen molar-refractivity contribution in [2.75, 3.05) is 0 Å². The Labute approximate surface area is 128 Å². The minimum absolute atomic E-state index is 0.132. The molecule has 0 radical (unpaired) electrons. The summed E-state index contributed by atoms with van der Waals surface area (Å²) in [7, 11) is 0. The largest absolute Gasteiger partial charge is 0.481 e. The first-order valence-corrected chi connectivity index (χ1v) is 8.94. The Kier molecular flexibility index (Phi) is 4.83. The van der Waals surface area contributed by atoms with Crippen LogP contribution >= 0.6 is 11.8 Å². The summed E-state index contributed by atoms with van der Waals surface area (Å²) in [5, 5.41) is 13.8. The molecule has 0 saturated heterocycles. The van der Waals surface area contributed by atoms with Crippen molar-refractivity contribution in [3.63, 3.8) is 0 Å². The molecule has 3 rings (SSSR count). The van der Waals surface area contributed by atoms with Gasteiger partial charge in [0.1, 0.15) is 0 Å². The SMILES string of the molecule is O=C(O)C1CCC(c2nc(CSC3CCCCC3)no2)C1. The molecule has 116 valence electrons. The van der Waals surface area contributed by atoms with Crippen molar-refractivity contribution in [1.82, 2.24) is 10.1 Å². The van der Waals surface area contributed by atoms with E-state index in [-0.39, 0.29) is 11.8 Å². The average molecular weight is 310 g/mol. The van der Waals surface area contributed by atoms with E-state index in [2.05, 4.69) is 10.1 Å². The molecule has 21 heavy (non-hydrogen) atoms. The third-order valence-electron chi connectivity index (χ3n) is 4.62. The molecule has 1 heterocycles. The zero-order valence-corrected chi connectivity index (χ0v) is 13.0. The standard InChI is InChI=1S/C15H22N2O3S/c18-15(19)11-7-6-10(8-11)14-16-13(17-20-14)9-21-12-4-2-1-3-5-12/h10-12H,1-9H2,(H,18,19). The monoisotopic (exact) mass is 310 g/mol. The van der Waals surface area contributed by atoms with Crippen LogP contribution in [0.3, 0.4) is 0 Å². The van der Waals surface area contributed by atoms with Crippen LogP contribution in [0.2, 0.25) is 0 Å². The Morgan fingerprint density at radius 2 is 2.05 bits per heavy atom. The number of aromatic nitrogens is 2. The van der Waals surface area contributed by atoms with E-state index in [0.29, 0.717) is 18.7 Å². The van der Waals surface area contributed by atoms with Gasteiger partial charge in [-0.1, -0.05) is 24.4 Å². The molecule has 1 N–H and O–H groups in total. The fraction of sp³-hybridized carbons (Fsp3) is 0.800. The normalized spacial score (nSPS) is 27.0.